The lowest BCUT2D eigenvalue weighted by molar-refractivity contribution is -0.387. The van der Waals surface area contributed by atoms with Crippen LogP contribution >= 0.6 is 11.8 Å². The number of hydrogen-bond acceptors (Lipinski definition) is 7. The van der Waals surface area contributed by atoms with E-state index in [1.807, 2.05) is 24.3 Å². The van der Waals surface area contributed by atoms with Crippen molar-refractivity contribution < 1.29 is 23.7 Å². The Hall–Kier alpha value is -4.05. The number of amides is 2. The lowest BCUT2D eigenvalue weighted by atomic mass is 10.1. The summed E-state index contributed by atoms with van der Waals surface area (Å²) in [6.45, 7) is 0. The van der Waals surface area contributed by atoms with Gasteiger partial charge in [0.25, 0.3) is 5.69 Å². The Labute approximate surface area is 185 Å². The molecule has 0 atom stereocenters. The number of ether oxygens (including phenoxy) is 1. The topological polar surface area (TPSA) is 138 Å². The molecular formula is C22H17N3O6S. The van der Waals surface area contributed by atoms with Gasteiger partial charge in [-0.1, -0.05) is 18.2 Å². The van der Waals surface area contributed by atoms with E-state index in [2.05, 4.69) is 5.32 Å². The molecule has 0 aliphatic carbocycles. The number of fused-ring (bicyclic) bond motifs is 3. The Kier molecular flexibility index (Phi) is 5.69. The zero-order chi connectivity index (χ0) is 22.8. The number of nitrogens with two attached hydrogens (primary N) is 1. The number of nitrogens with one attached hydrogen (secondary N) is 1. The van der Waals surface area contributed by atoms with Crippen LogP contribution in [0.2, 0.25) is 0 Å². The molecule has 0 bridgehead atoms. The zero-order valence-electron chi connectivity index (χ0n) is 16.8. The van der Waals surface area contributed by atoms with Crippen molar-refractivity contribution in [3.8, 4) is 5.75 Å². The van der Waals surface area contributed by atoms with Gasteiger partial charge in [0.15, 0.2) is 0 Å². The van der Waals surface area contributed by atoms with Crippen LogP contribution in [-0.4, -0.2) is 29.6 Å². The summed E-state index contributed by atoms with van der Waals surface area (Å²) in [4.78, 5) is 34.8. The van der Waals surface area contributed by atoms with Crippen molar-refractivity contribution in [2.24, 2.45) is 5.73 Å². The lowest BCUT2D eigenvalue weighted by Crippen LogP contribution is -2.15. The Morgan fingerprint density at radius 2 is 1.91 bits per heavy atom. The molecule has 9 nitrogen and oxygen atoms in total. The number of thioether (sulfide) groups is 1. The third kappa shape index (κ3) is 4.08. The predicted octanol–water partition coefficient (Wildman–Crippen LogP) is 4.33. The first-order valence-electron chi connectivity index (χ1n) is 9.37. The number of rotatable bonds is 7. The summed E-state index contributed by atoms with van der Waals surface area (Å²) in [6, 6.07) is 14.9. The zero-order valence-corrected chi connectivity index (χ0v) is 17.6. The Balaban J connectivity index is 1.55. The number of carbonyl (C=O) groups excluding carboxylic acids is 2. The van der Waals surface area contributed by atoms with Crippen LogP contribution in [0.4, 0.5) is 11.4 Å². The van der Waals surface area contributed by atoms with Gasteiger partial charge in [-0.2, -0.15) is 0 Å². The first-order valence-corrected chi connectivity index (χ1v) is 10.4. The number of nitro benzene ring substituents is 1. The molecule has 3 N–H and O–H groups in total. The fourth-order valence-electron chi connectivity index (χ4n) is 3.28. The second-order valence-corrected chi connectivity index (χ2v) is 7.80. The molecule has 0 fully saturated rings. The first kappa shape index (κ1) is 21.2. The molecule has 0 saturated heterocycles. The van der Waals surface area contributed by atoms with Gasteiger partial charge in [0.2, 0.25) is 11.8 Å². The number of primary amides is 1. The highest BCUT2D eigenvalue weighted by atomic mass is 32.2. The highest BCUT2D eigenvalue weighted by molar-refractivity contribution is 8.00. The molecule has 10 heteroatoms. The van der Waals surface area contributed by atoms with Crippen LogP contribution in [0, 0.1) is 10.1 Å². The van der Waals surface area contributed by atoms with E-state index < -0.39 is 16.7 Å². The number of hydrogen-bond donors (Lipinski definition) is 2. The van der Waals surface area contributed by atoms with Crippen LogP contribution in [0.15, 0.2) is 63.9 Å². The van der Waals surface area contributed by atoms with Gasteiger partial charge in [-0.3, -0.25) is 19.7 Å². The van der Waals surface area contributed by atoms with Gasteiger partial charge in [-0.25, -0.2) is 0 Å². The highest BCUT2D eigenvalue weighted by Crippen LogP contribution is 2.36. The van der Waals surface area contributed by atoms with Gasteiger partial charge in [-0.15, -0.1) is 11.8 Å². The van der Waals surface area contributed by atoms with E-state index in [9.17, 15) is 19.7 Å². The van der Waals surface area contributed by atoms with E-state index in [4.69, 9.17) is 14.9 Å². The molecular weight excluding hydrogens is 434 g/mol. The average molecular weight is 451 g/mol. The standard InChI is InChI=1S/C22H17N3O6S/c1-30-19-9-14-13-4-2-3-5-17(13)31-18(14)10-15(19)24-21(26)11-32-20-7-6-12(22(23)27)8-16(20)25(28)29/h2-10H,11H2,1H3,(H2,23,27)(H,24,26). The minimum atomic E-state index is -0.768. The van der Waals surface area contributed by atoms with Crippen molar-refractivity contribution in [1.29, 1.82) is 0 Å². The van der Waals surface area contributed by atoms with Crippen molar-refractivity contribution >= 4 is 56.9 Å². The summed E-state index contributed by atoms with van der Waals surface area (Å²) in [7, 11) is 1.50. The second-order valence-electron chi connectivity index (χ2n) is 6.79. The van der Waals surface area contributed by atoms with Crippen LogP contribution in [0.1, 0.15) is 10.4 Å². The summed E-state index contributed by atoms with van der Waals surface area (Å²) in [5.41, 5.74) is 6.64. The summed E-state index contributed by atoms with van der Waals surface area (Å²) in [5, 5.41) is 15.9. The minimum absolute atomic E-state index is 0.0226. The van der Waals surface area contributed by atoms with Crippen molar-refractivity contribution in [1.82, 2.24) is 0 Å². The van der Waals surface area contributed by atoms with Crippen LogP contribution in [0.25, 0.3) is 21.9 Å². The van der Waals surface area contributed by atoms with E-state index in [0.29, 0.717) is 17.0 Å². The van der Waals surface area contributed by atoms with Gasteiger partial charge >= 0.3 is 0 Å². The normalized spacial score (nSPS) is 10.9. The van der Waals surface area contributed by atoms with Crippen LogP contribution in [-0.2, 0) is 4.79 Å². The smallest absolute Gasteiger partial charge is 0.283 e. The van der Waals surface area contributed by atoms with Gasteiger partial charge < -0.3 is 20.2 Å². The highest BCUT2D eigenvalue weighted by Gasteiger charge is 2.19. The molecule has 1 aromatic heterocycles. The Bertz CT molecular complexity index is 1380. The van der Waals surface area contributed by atoms with Crippen LogP contribution < -0.4 is 15.8 Å². The summed E-state index contributed by atoms with van der Waals surface area (Å²) in [6.07, 6.45) is 0. The Morgan fingerprint density at radius 3 is 2.62 bits per heavy atom. The third-order valence-corrected chi connectivity index (χ3v) is 5.83. The molecule has 3 aromatic carbocycles. The quantitative estimate of drug-likeness (QED) is 0.242. The van der Waals surface area contributed by atoms with E-state index in [1.54, 1.807) is 12.1 Å². The molecule has 0 saturated carbocycles. The minimum Gasteiger partial charge on any atom is -0.495 e. The second kappa shape index (κ2) is 8.60. The average Bonchev–Trinajstić information content (AvgIpc) is 3.14. The Morgan fingerprint density at radius 1 is 1.12 bits per heavy atom. The predicted molar refractivity (Wildman–Crippen MR) is 121 cm³/mol. The summed E-state index contributed by atoms with van der Waals surface area (Å²) < 4.78 is 11.3. The molecule has 0 spiro atoms. The fraction of sp³-hybridized carbons (Fsp3) is 0.0909. The monoisotopic (exact) mass is 451 g/mol. The molecule has 0 radical (unpaired) electrons. The fourth-order valence-corrected chi connectivity index (χ4v) is 4.09. The number of anilines is 1. The lowest BCUT2D eigenvalue weighted by Gasteiger charge is -2.10. The van der Waals surface area contributed by atoms with Crippen molar-refractivity contribution in [2.45, 2.75) is 4.90 Å². The SMILES string of the molecule is COc1cc2c(cc1NC(=O)CSc1ccc(C(N)=O)cc1[N+](=O)[O-])oc1ccccc12. The molecule has 2 amide bonds. The van der Waals surface area contributed by atoms with Crippen molar-refractivity contribution in [2.75, 3.05) is 18.2 Å². The van der Waals surface area contributed by atoms with E-state index >= 15 is 0 Å². The van der Waals surface area contributed by atoms with Crippen molar-refractivity contribution in [3.05, 3.63) is 70.3 Å². The molecule has 1 heterocycles. The number of para-hydroxylation sites is 1. The number of benzene rings is 3. The molecule has 0 unspecified atom stereocenters. The van der Waals surface area contributed by atoms with Crippen LogP contribution in [0.5, 0.6) is 5.75 Å². The number of methoxy groups -OCH3 is 1. The third-order valence-electron chi connectivity index (χ3n) is 4.77. The molecule has 4 rings (SSSR count). The van der Waals surface area contributed by atoms with E-state index in [0.717, 1.165) is 34.2 Å². The molecule has 32 heavy (non-hydrogen) atoms. The molecule has 0 aliphatic rings. The molecule has 4 aromatic rings. The maximum Gasteiger partial charge on any atom is 0.283 e. The van der Waals surface area contributed by atoms with Crippen LogP contribution in [0.3, 0.4) is 0 Å². The number of nitro groups is 1. The maximum absolute atomic E-state index is 12.6. The van der Waals surface area contributed by atoms with Gasteiger partial charge in [0.1, 0.15) is 16.9 Å². The first-order chi connectivity index (χ1) is 15.4. The number of carbonyl (C=O) groups is 2. The van der Waals surface area contributed by atoms with E-state index in [1.165, 1.54) is 19.2 Å². The largest absolute Gasteiger partial charge is 0.495 e. The summed E-state index contributed by atoms with van der Waals surface area (Å²) >= 11 is 0.974. The number of nitrogens with zero attached hydrogens (tertiary/aromatic N) is 1. The summed E-state index contributed by atoms with van der Waals surface area (Å²) in [5.74, 6) is -0.801. The van der Waals surface area contributed by atoms with Gasteiger partial charge in [-0.05, 0) is 24.3 Å². The molecule has 162 valence electrons. The number of furan rings is 1. The molecule has 0 aliphatic heterocycles. The van der Waals surface area contributed by atoms with Crippen molar-refractivity contribution in [3.63, 3.8) is 0 Å². The van der Waals surface area contributed by atoms with Gasteiger partial charge in [0.05, 0.1) is 28.4 Å². The maximum atomic E-state index is 12.6. The van der Waals surface area contributed by atoms with Gasteiger partial charge in [0, 0.05) is 28.5 Å². The van der Waals surface area contributed by atoms with E-state index in [-0.39, 0.29) is 21.9 Å².